The molecule has 1 aliphatic rings. The van der Waals surface area contributed by atoms with Crippen molar-refractivity contribution in [3.63, 3.8) is 0 Å². The maximum atomic E-state index is 13.1. The summed E-state index contributed by atoms with van der Waals surface area (Å²) >= 11 is 0. The van der Waals surface area contributed by atoms with Crippen molar-refractivity contribution in [2.24, 2.45) is 5.41 Å². The molecule has 41 heavy (non-hydrogen) atoms. The summed E-state index contributed by atoms with van der Waals surface area (Å²) in [7, 11) is 3.37. The second-order valence-corrected chi connectivity index (χ2v) is 12.0. The zero-order chi connectivity index (χ0) is 28.9. The van der Waals surface area contributed by atoms with Crippen LogP contribution in [0.3, 0.4) is 0 Å². The summed E-state index contributed by atoms with van der Waals surface area (Å²) in [6.07, 6.45) is 5.35. The van der Waals surface area contributed by atoms with Gasteiger partial charge in [-0.3, -0.25) is 14.6 Å². The molecule has 0 saturated heterocycles. The summed E-state index contributed by atoms with van der Waals surface area (Å²) < 4.78 is 1.73. The standard InChI is InChI=1S/C31H32N8O2/c1-30(2,3)25(27(41)38(4)5)34-26(40)20-10-8-19(9-11-20)24-18-33-29-36-35-28(39(29)37-24)31(14-15-31)22-12-13-23-21(17-22)7-6-16-32-23/h6-13,16-18,25H,14-15H2,1-5H3,(H,34,40)/t25-/m1/s1. The molecular formula is C31H32N8O2. The Morgan fingerprint density at radius 3 is 2.44 bits per heavy atom. The van der Waals surface area contributed by atoms with Crippen molar-refractivity contribution >= 4 is 28.5 Å². The van der Waals surface area contributed by atoms with Gasteiger partial charge in [-0.25, -0.2) is 4.98 Å². The minimum atomic E-state index is -0.654. The van der Waals surface area contributed by atoms with Crippen molar-refractivity contribution < 1.29 is 9.59 Å². The van der Waals surface area contributed by atoms with Gasteiger partial charge in [0.15, 0.2) is 5.82 Å². The van der Waals surface area contributed by atoms with Crippen LogP contribution in [0.2, 0.25) is 0 Å². The second kappa shape index (κ2) is 9.72. The summed E-state index contributed by atoms with van der Waals surface area (Å²) in [6.45, 7) is 5.79. The highest BCUT2D eigenvalue weighted by atomic mass is 16.2. The van der Waals surface area contributed by atoms with Crippen LogP contribution in [0.5, 0.6) is 0 Å². The predicted octanol–water partition coefficient (Wildman–Crippen LogP) is 4.05. The van der Waals surface area contributed by atoms with E-state index in [1.54, 1.807) is 43.1 Å². The number of pyridine rings is 1. The van der Waals surface area contributed by atoms with Crippen LogP contribution < -0.4 is 5.32 Å². The number of hydrogen-bond donors (Lipinski definition) is 1. The quantitative estimate of drug-likeness (QED) is 0.340. The SMILES string of the molecule is CN(C)C(=O)[C@@H](NC(=O)c1ccc(-c2cnc3nnc(C4(c5ccc6ncccc6c5)CC4)n3n2)cc1)C(C)(C)C. The first-order valence-corrected chi connectivity index (χ1v) is 13.6. The molecule has 1 fully saturated rings. The summed E-state index contributed by atoms with van der Waals surface area (Å²) in [5.74, 6) is 0.743. The molecule has 10 nitrogen and oxygen atoms in total. The van der Waals surface area contributed by atoms with E-state index < -0.39 is 11.5 Å². The van der Waals surface area contributed by atoms with Crippen LogP contribution in [-0.2, 0) is 10.2 Å². The molecule has 2 amide bonds. The van der Waals surface area contributed by atoms with Crippen molar-refractivity contribution in [1.29, 1.82) is 0 Å². The lowest BCUT2D eigenvalue weighted by Gasteiger charge is -2.32. The molecule has 3 aromatic heterocycles. The Hall–Kier alpha value is -4.73. The summed E-state index contributed by atoms with van der Waals surface area (Å²) in [5, 5.41) is 17.7. The number of nitrogens with zero attached hydrogens (tertiary/aromatic N) is 7. The minimum absolute atomic E-state index is 0.149. The molecule has 208 valence electrons. The van der Waals surface area contributed by atoms with E-state index in [-0.39, 0.29) is 17.2 Å². The van der Waals surface area contributed by atoms with E-state index in [0.29, 0.717) is 17.0 Å². The molecule has 0 spiro atoms. The van der Waals surface area contributed by atoms with Crippen molar-refractivity contribution in [3.05, 3.63) is 83.9 Å². The fourth-order valence-corrected chi connectivity index (χ4v) is 5.18. The van der Waals surface area contributed by atoms with Crippen LogP contribution in [0.1, 0.15) is 55.4 Å². The molecule has 0 radical (unpaired) electrons. The number of rotatable bonds is 6. The van der Waals surface area contributed by atoms with Gasteiger partial charge in [0, 0.05) is 36.8 Å². The summed E-state index contributed by atoms with van der Waals surface area (Å²) in [6, 6.07) is 16.8. The van der Waals surface area contributed by atoms with Crippen LogP contribution in [-0.4, -0.2) is 66.6 Å². The molecular weight excluding hydrogens is 516 g/mol. The van der Waals surface area contributed by atoms with Gasteiger partial charge in [0.1, 0.15) is 11.7 Å². The normalized spacial score (nSPS) is 15.0. The largest absolute Gasteiger partial charge is 0.347 e. The van der Waals surface area contributed by atoms with Gasteiger partial charge >= 0.3 is 0 Å². The molecule has 0 unspecified atom stereocenters. The van der Waals surface area contributed by atoms with Crippen LogP contribution in [0.4, 0.5) is 0 Å². The van der Waals surface area contributed by atoms with E-state index >= 15 is 0 Å². The first kappa shape index (κ1) is 26.5. The third-order valence-corrected chi connectivity index (χ3v) is 7.74. The Morgan fingerprint density at radius 2 is 1.76 bits per heavy atom. The summed E-state index contributed by atoms with van der Waals surface area (Å²) in [5.41, 5.74) is 3.30. The molecule has 1 atom stereocenters. The number of nitrogens with one attached hydrogen (secondary N) is 1. The average molecular weight is 549 g/mol. The van der Waals surface area contributed by atoms with Gasteiger partial charge in [-0.2, -0.15) is 9.61 Å². The van der Waals surface area contributed by atoms with Crippen LogP contribution in [0.25, 0.3) is 27.9 Å². The van der Waals surface area contributed by atoms with Crippen LogP contribution in [0.15, 0.2) is 67.0 Å². The first-order chi connectivity index (χ1) is 19.6. The fourth-order valence-electron chi connectivity index (χ4n) is 5.18. The smallest absolute Gasteiger partial charge is 0.271 e. The molecule has 1 N–H and O–H groups in total. The Morgan fingerprint density at radius 1 is 1.00 bits per heavy atom. The summed E-state index contributed by atoms with van der Waals surface area (Å²) in [4.78, 5) is 36.2. The van der Waals surface area contributed by atoms with Gasteiger partial charge in [0.05, 0.1) is 17.1 Å². The lowest BCUT2D eigenvalue weighted by molar-refractivity contribution is -0.133. The highest BCUT2D eigenvalue weighted by molar-refractivity contribution is 5.98. The van der Waals surface area contributed by atoms with Crippen LogP contribution in [0, 0.1) is 5.41 Å². The molecule has 6 rings (SSSR count). The molecule has 2 aromatic carbocycles. The van der Waals surface area contributed by atoms with E-state index in [9.17, 15) is 9.59 Å². The van der Waals surface area contributed by atoms with Crippen molar-refractivity contribution in [3.8, 4) is 11.3 Å². The predicted molar refractivity (Wildman–Crippen MR) is 155 cm³/mol. The van der Waals surface area contributed by atoms with Crippen molar-refractivity contribution in [2.45, 2.75) is 45.1 Å². The zero-order valence-electron chi connectivity index (χ0n) is 23.8. The number of benzene rings is 2. The Kier molecular flexibility index (Phi) is 6.28. The molecule has 5 aromatic rings. The minimum Gasteiger partial charge on any atom is -0.347 e. The van der Waals surface area contributed by atoms with Crippen molar-refractivity contribution in [1.82, 2.24) is 40.0 Å². The third-order valence-electron chi connectivity index (χ3n) is 7.74. The van der Waals surface area contributed by atoms with Gasteiger partial charge in [-0.15, -0.1) is 10.2 Å². The molecule has 3 heterocycles. The van der Waals surface area contributed by atoms with Gasteiger partial charge in [-0.1, -0.05) is 45.0 Å². The van der Waals surface area contributed by atoms with Gasteiger partial charge in [0.25, 0.3) is 11.7 Å². The number of carbonyl (C=O) groups excluding carboxylic acids is 2. The Balaban J connectivity index is 1.28. The average Bonchev–Trinajstić information content (AvgIpc) is 3.66. The second-order valence-electron chi connectivity index (χ2n) is 12.0. The lowest BCUT2D eigenvalue weighted by atomic mass is 9.85. The molecule has 0 aliphatic heterocycles. The highest BCUT2D eigenvalue weighted by Gasteiger charge is 2.50. The highest BCUT2D eigenvalue weighted by Crippen LogP contribution is 2.53. The van der Waals surface area contributed by atoms with Gasteiger partial charge in [0.2, 0.25) is 5.91 Å². The topological polar surface area (TPSA) is 118 Å². The maximum Gasteiger partial charge on any atom is 0.271 e. The monoisotopic (exact) mass is 548 g/mol. The van der Waals surface area contributed by atoms with E-state index in [2.05, 4.69) is 43.7 Å². The molecule has 0 bridgehead atoms. The number of carbonyl (C=O) groups is 2. The number of hydrogen-bond acceptors (Lipinski definition) is 7. The number of likely N-dealkylation sites (N-methyl/N-ethyl adjacent to an activating group) is 1. The fraction of sp³-hybridized carbons (Fsp3) is 0.323. The third kappa shape index (κ3) is 4.79. The maximum absolute atomic E-state index is 13.1. The Labute approximate surface area is 237 Å². The molecule has 1 aliphatic carbocycles. The van der Waals surface area contributed by atoms with Crippen LogP contribution >= 0.6 is 0 Å². The first-order valence-electron chi connectivity index (χ1n) is 13.6. The lowest BCUT2D eigenvalue weighted by Crippen LogP contribution is -2.53. The molecule has 10 heteroatoms. The van der Waals surface area contributed by atoms with E-state index in [0.717, 1.165) is 40.7 Å². The zero-order valence-corrected chi connectivity index (χ0v) is 23.8. The van der Waals surface area contributed by atoms with Gasteiger partial charge in [-0.05, 0) is 54.2 Å². The van der Waals surface area contributed by atoms with E-state index in [1.165, 1.54) is 4.90 Å². The number of fused-ring (bicyclic) bond motifs is 2. The molecule has 1 saturated carbocycles. The Bertz CT molecular complexity index is 1780. The van der Waals surface area contributed by atoms with Crippen molar-refractivity contribution in [2.75, 3.05) is 14.1 Å². The number of aromatic nitrogens is 6. The van der Waals surface area contributed by atoms with Gasteiger partial charge < -0.3 is 10.2 Å². The number of amides is 2. The van der Waals surface area contributed by atoms with E-state index in [1.807, 2.05) is 45.0 Å². The van der Waals surface area contributed by atoms with E-state index in [4.69, 9.17) is 5.10 Å².